The number of halogens is 3. The molecule has 4 N–H and O–H groups in total. The molecule has 0 amide bonds. The fraction of sp³-hybridized carbons (Fsp3) is 0.875. The highest BCUT2D eigenvalue weighted by Crippen LogP contribution is 2.13. The maximum atomic E-state index is 10.6. The predicted molar refractivity (Wildman–Crippen MR) is 52.1 cm³/mol. The quantitative estimate of drug-likeness (QED) is 0.608. The molecule has 0 aliphatic carbocycles. The van der Waals surface area contributed by atoms with E-state index in [-0.39, 0.29) is 0 Å². The Morgan fingerprint density at radius 3 is 2.12 bits per heavy atom. The number of carboxylic acid groups (broad SMARTS) is 1. The summed E-state index contributed by atoms with van der Waals surface area (Å²) in [5.41, 5.74) is 5.40. The molecule has 0 saturated carbocycles. The highest BCUT2D eigenvalue weighted by atomic mass is 19.4. The molecule has 0 atom stereocenters. The fourth-order valence-corrected chi connectivity index (χ4v) is 1.12. The van der Waals surface area contributed by atoms with Crippen molar-refractivity contribution in [1.82, 2.24) is 10.2 Å². The minimum atomic E-state index is -5.08. The van der Waals surface area contributed by atoms with Crippen molar-refractivity contribution in [1.29, 1.82) is 0 Å². The standard InChI is InChI=1S/C6H15N3.C2HF3O2/c7-1-4-9-5-2-8-3-6-9;3-2(4,5)1(6)7/h8H,1-7H2;(H,6,7). The summed E-state index contributed by atoms with van der Waals surface area (Å²) in [4.78, 5) is 11.3. The van der Waals surface area contributed by atoms with Gasteiger partial charge in [-0.15, -0.1) is 0 Å². The number of alkyl halides is 3. The average Bonchev–Trinajstić information content (AvgIpc) is 2.19. The van der Waals surface area contributed by atoms with Gasteiger partial charge in [-0.1, -0.05) is 0 Å². The van der Waals surface area contributed by atoms with E-state index in [1.54, 1.807) is 0 Å². The molecule has 0 aromatic heterocycles. The molecule has 1 aliphatic rings. The summed E-state index contributed by atoms with van der Waals surface area (Å²) in [5, 5.41) is 10.4. The highest BCUT2D eigenvalue weighted by Gasteiger charge is 2.38. The molecule has 8 heteroatoms. The number of carboxylic acids is 1. The van der Waals surface area contributed by atoms with Crippen molar-refractivity contribution in [2.45, 2.75) is 6.18 Å². The molecule has 0 bridgehead atoms. The summed E-state index contributed by atoms with van der Waals surface area (Å²) in [6, 6.07) is 0. The molecule has 0 radical (unpaired) electrons. The van der Waals surface area contributed by atoms with Crippen molar-refractivity contribution in [2.24, 2.45) is 5.73 Å². The summed E-state index contributed by atoms with van der Waals surface area (Å²) < 4.78 is 31.7. The van der Waals surface area contributed by atoms with E-state index in [1.807, 2.05) is 0 Å². The van der Waals surface area contributed by atoms with Crippen molar-refractivity contribution in [3.63, 3.8) is 0 Å². The minimum Gasteiger partial charge on any atom is -0.475 e. The lowest BCUT2D eigenvalue weighted by Gasteiger charge is -2.26. The van der Waals surface area contributed by atoms with Gasteiger partial charge < -0.3 is 16.2 Å². The second-order valence-corrected chi connectivity index (χ2v) is 3.18. The predicted octanol–water partition coefficient (Wildman–Crippen LogP) is -0.516. The second-order valence-electron chi connectivity index (χ2n) is 3.18. The van der Waals surface area contributed by atoms with E-state index in [2.05, 4.69) is 10.2 Å². The molecule has 0 aromatic rings. The molecule has 1 heterocycles. The third-order valence-electron chi connectivity index (χ3n) is 1.90. The maximum absolute atomic E-state index is 10.6. The summed E-state index contributed by atoms with van der Waals surface area (Å²) in [6.45, 7) is 6.43. The molecule has 0 unspecified atom stereocenters. The van der Waals surface area contributed by atoms with Crippen LogP contribution in [-0.4, -0.2) is 61.4 Å². The first-order chi connectivity index (χ1) is 7.38. The lowest BCUT2D eigenvalue weighted by Crippen LogP contribution is -2.45. The number of nitrogens with zero attached hydrogens (tertiary/aromatic N) is 1. The second kappa shape index (κ2) is 7.42. The Hall–Kier alpha value is -0.860. The first kappa shape index (κ1) is 15.1. The Morgan fingerprint density at radius 2 is 1.81 bits per heavy atom. The van der Waals surface area contributed by atoms with Crippen LogP contribution in [0.3, 0.4) is 0 Å². The zero-order valence-corrected chi connectivity index (χ0v) is 8.76. The van der Waals surface area contributed by atoms with Crippen LogP contribution in [-0.2, 0) is 4.79 Å². The van der Waals surface area contributed by atoms with E-state index in [4.69, 9.17) is 15.6 Å². The number of hydrogen-bond acceptors (Lipinski definition) is 4. The summed E-state index contributed by atoms with van der Waals surface area (Å²) in [5.74, 6) is -2.76. The SMILES string of the molecule is NCCN1CCNCC1.O=C(O)C(F)(F)F. The smallest absolute Gasteiger partial charge is 0.475 e. The molecule has 1 fully saturated rings. The van der Waals surface area contributed by atoms with Gasteiger partial charge in [-0.3, -0.25) is 4.90 Å². The van der Waals surface area contributed by atoms with Gasteiger partial charge in [-0.2, -0.15) is 13.2 Å². The third kappa shape index (κ3) is 7.43. The molecule has 5 nitrogen and oxygen atoms in total. The Bertz CT molecular complexity index is 202. The van der Waals surface area contributed by atoms with Crippen molar-refractivity contribution < 1.29 is 23.1 Å². The Labute approximate surface area is 91.4 Å². The van der Waals surface area contributed by atoms with Crippen molar-refractivity contribution in [3.8, 4) is 0 Å². The average molecular weight is 243 g/mol. The van der Waals surface area contributed by atoms with E-state index >= 15 is 0 Å². The van der Waals surface area contributed by atoms with Gasteiger partial charge in [0, 0.05) is 39.3 Å². The van der Waals surface area contributed by atoms with Crippen molar-refractivity contribution in [3.05, 3.63) is 0 Å². The third-order valence-corrected chi connectivity index (χ3v) is 1.90. The molecular formula is C8H16F3N3O2. The van der Waals surface area contributed by atoms with Gasteiger partial charge in [0.1, 0.15) is 0 Å². The first-order valence-electron chi connectivity index (χ1n) is 4.81. The lowest BCUT2D eigenvalue weighted by molar-refractivity contribution is -0.192. The van der Waals surface area contributed by atoms with Crippen molar-refractivity contribution in [2.75, 3.05) is 39.3 Å². The van der Waals surface area contributed by atoms with E-state index in [1.165, 1.54) is 0 Å². The highest BCUT2D eigenvalue weighted by molar-refractivity contribution is 5.73. The molecule has 1 aliphatic heterocycles. The number of carbonyl (C=O) groups is 1. The minimum absolute atomic E-state index is 0.792. The van der Waals surface area contributed by atoms with Crippen LogP contribution in [0, 0.1) is 0 Å². The lowest BCUT2D eigenvalue weighted by atomic mass is 10.3. The number of hydrogen-bond donors (Lipinski definition) is 3. The van der Waals surface area contributed by atoms with Gasteiger partial charge in [-0.05, 0) is 0 Å². The summed E-state index contributed by atoms with van der Waals surface area (Å²) >= 11 is 0. The zero-order valence-electron chi connectivity index (χ0n) is 8.76. The van der Waals surface area contributed by atoms with Gasteiger partial charge in [0.15, 0.2) is 0 Å². The first-order valence-corrected chi connectivity index (χ1v) is 4.81. The molecule has 96 valence electrons. The molecule has 0 aromatic carbocycles. The van der Waals surface area contributed by atoms with Crippen LogP contribution in [0.4, 0.5) is 13.2 Å². The van der Waals surface area contributed by atoms with Gasteiger partial charge in [0.05, 0.1) is 0 Å². The maximum Gasteiger partial charge on any atom is 0.490 e. The van der Waals surface area contributed by atoms with E-state index in [0.29, 0.717) is 0 Å². The Kier molecular flexibility index (Phi) is 7.02. The van der Waals surface area contributed by atoms with Crippen molar-refractivity contribution >= 4 is 5.97 Å². The molecule has 1 saturated heterocycles. The topological polar surface area (TPSA) is 78.6 Å². The van der Waals surface area contributed by atoms with Crippen LogP contribution in [0.5, 0.6) is 0 Å². The van der Waals surface area contributed by atoms with Crippen LogP contribution < -0.4 is 11.1 Å². The number of nitrogens with one attached hydrogen (secondary N) is 1. The van der Waals surface area contributed by atoms with Crippen LogP contribution in [0.15, 0.2) is 0 Å². The summed E-state index contributed by atoms with van der Waals surface area (Å²) in [6.07, 6.45) is -5.08. The van der Waals surface area contributed by atoms with Gasteiger partial charge in [-0.25, -0.2) is 4.79 Å². The van der Waals surface area contributed by atoms with Crippen LogP contribution in [0.1, 0.15) is 0 Å². The normalized spacial score (nSPS) is 17.5. The molecular weight excluding hydrogens is 227 g/mol. The van der Waals surface area contributed by atoms with Gasteiger partial charge in [0.2, 0.25) is 0 Å². The van der Waals surface area contributed by atoms with Crippen LogP contribution in [0.2, 0.25) is 0 Å². The molecule has 1 rings (SSSR count). The largest absolute Gasteiger partial charge is 0.490 e. The van der Waals surface area contributed by atoms with Crippen LogP contribution in [0.25, 0.3) is 0 Å². The van der Waals surface area contributed by atoms with Crippen LogP contribution >= 0.6 is 0 Å². The van der Waals surface area contributed by atoms with Gasteiger partial charge in [0.25, 0.3) is 0 Å². The fourth-order valence-electron chi connectivity index (χ4n) is 1.12. The number of aliphatic carboxylic acids is 1. The Balaban J connectivity index is 0.000000293. The molecule has 0 spiro atoms. The van der Waals surface area contributed by atoms with Gasteiger partial charge >= 0.3 is 12.1 Å². The summed E-state index contributed by atoms with van der Waals surface area (Å²) in [7, 11) is 0. The number of piperazine rings is 1. The zero-order chi connectivity index (χ0) is 12.6. The number of nitrogens with two attached hydrogens (primary N) is 1. The van der Waals surface area contributed by atoms with E-state index < -0.39 is 12.1 Å². The monoisotopic (exact) mass is 243 g/mol. The Morgan fingerprint density at radius 1 is 1.38 bits per heavy atom. The van der Waals surface area contributed by atoms with E-state index in [0.717, 1.165) is 39.3 Å². The molecule has 16 heavy (non-hydrogen) atoms. The number of rotatable bonds is 2. The van der Waals surface area contributed by atoms with E-state index in [9.17, 15) is 13.2 Å².